The number of aryl methyl sites for hydroxylation is 1. The van der Waals surface area contributed by atoms with Crippen molar-refractivity contribution in [2.75, 3.05) is 6.61 Å². The Balaban J connectivity index is 1.43. The van der Waals surface area contributed by atoms with Crippen molar-refractivity contribution in [2.24, 2.45) is 5.16 Å². The SMILES string of the molecule is Cc1cc(OCC2=NOC(=O)C2)c2c(c1Cc1ccc(O)c(-c3ccccc3)n1)CCC2. The van der Waals surface area contributed by atoms with Gasteiger partial charge in [0.1, 0.15) is 29.5 Å². The summed E-state index contributed by atoms with van der Waals surface area (Å²) in [6, 6.07) is 15.4. The number of carbonyl (C=O) groups excluding carboxylic acids is 1. The number of rotatable bonds is 6. The third kappa shape index (κ3) is 3.96. The highest BCUT2D eigenvalue weighted by Gasteiger charge is 2.24. The Hall–Kier alpha value is -3.67. The van der Waals surface area contributed by atoms with Crippen molar-refractivity contribution in [1.82, 2.24) is 4.98 Å². The van der Waals surface area contributed by atoms with E-state index in [1.165, 1.54) is 16.7 Å². The lowest BCUT2D eigenvalue weighted by Crippen LogP contribution is -2.12. The van der Waals surface area contributed by atoms with Gasteiger partial charge in [-0.3, -0.25) is 0 Å². The summed E-state index contributed by atoms with van der Waals surface area (Å²) in [5, 5.41) is 14.1. The molecule has 5 rings (SSSR count). The molecule has 2 aliphatic rings. The minimum Gasteiger partial charge on any atom is -0.506 e. The first kappa shape index (κ1) is 20.2. The molecule has 6 heteroatoms. The van der Waals surface area contributed by atoms with E-state index in [0.717, 1.165) is 41.8 Å². The number of oxime groups is 1. The maximum absolute atomic E-state index is 11.2. The smallest absolute Gasteiger partial charge is 0.340 e. The van der Waals surface area contributed by atoms with Crippen LogP contribution >= 0.6 is 0 Å². The quantitative estimate of drug-likeness (QED) is 0.584. The molecule has 0 bridgehead atoms. The van der Waals surface area contributed by atoms with Gasteiger partial charge >= 0.3 is 5.97 Å². The molecule has 0 unspecified atom stereocenters. The van der Waals surface area contributed by atoms with Crippen molar-refractivity contribution in [3.05, 3.63) is 76.5 Å². The third-order valence-electron chi connectivity index (χ3n) is 6.06. The van der Waals surface area contributed by atoms with Crippen LogP contribution in [-0.4, -0.2) is 28.4 Å². The number of aromatic nitrogens is 1. The number of ether oxygens (including phenoxy) is 1. The lowest BCUT2D eigenvalue weighted by molar-refractivity contribution is -0.140. The summed E-state index contributed by atoms with van der Waals surface area (Å²) < 4.78 is 6.05. The van der Waals surface area contributed by atoms with Crippen LogP contribution in [0.15, 0.2) is 53.7 Å². The average Bonchev–Trinajstić information content (AvgIpc) is 3.45. The monoisotopic (exact) mass is 428 g/mol. The van der Waals surface area contributed by atoms with Gasteiger partial charge in [-0.2, -0.15) is 0 Å². The number of nitrogens with zero attached hydrogens (tertiary/aromatic N) is 2. The van der Waals surface area contributed by atoms with Crippen molar-refractivity contribution in [3.63, 3.8) is 0 Å². The number of aromatic hydroxyl groups is 1. The van der Waals surface area contributed by atoms with Crippen LogP contribution in [0.1, 0.15) is 40.8 Å². The summed E-state index contributed by atoms with van der Waals surface area (Å²) >= 11 is 0. The van der Waals surface area contributed by atoms with Crippen molar-refractivity contribution in [2.45, 2.75) is 39.0 Å². The van der Waals surface area contributed by atoms with Crippen molar-refractivity contribution >= 4 is 11.7 Å². The summed E-state index contributed by atoms with van der Waals surface area (Å²) in [7, 11) is 0. The van der Waals surface area contributed by atoms with Crippen LogP contribution in [0, 0.1) is 6.92 Å². The molecular formula is C26H24N2O4. The number of pyridine rings is 1. The summed E-state index contributed by atoms with van der Waals surface area (Å²) in [6.07, 6.45) is 3.95. The molecule has 0 atom stereocenters. The fourth-order valence-corrected chi connectivity index (χ4v) is 4.50. The maximum atomic E-state index is 11.2. The van der Waals surface area contributed by atoms with Gasteiger partial charge in [0.05, 0.1) is 6.42 Å². The number of fused-ring (bicyclic) bond motifs is 1. The fourth-order valence-electron chi connectivity index (χ4n) is 4.50. The van der Waals surface area contributed by atoms with E-state index in [0.29, 0.717) is 17.8 Å². The zero-order valence-corrected chi connectivity index (χ0v) is 17.9. The molecule has 0 saturated carbocycles. The van der Waals surface area contributed by atoms with Gasteiger partial charge in [0.25, 0.3) is 0 Å². The second kappa shape index (κ2) is 8.46. The van der Waals surface area contributed by atoms with Crippen LogP contribution < -0.4 is 4.74 Å². The van der Waals surface area contributed by atoms with Crippen LogP contribution in [0.5, 0.6) is 11.5 Å². The number of hydrogen-bond acceptors (Lipinski definition) is 6. The van der Waals surface area contributed by atoms with Gasteiger partial charge in [-0.05, 0) is 66.6 Å². The molecule has 32 heavy (non-hydrogen) atoms. The molecule has 1 aliphatic carbocycles. The molecule has 2 aromatic carbocycles. The number of benzene rings is 2. The van der Waals surface area contributed by atoms with Crippen molar-refractivity contribution in [1.29, 1.82) is 0 Å². The minimum atomic E-state index is -0.336. The second-order valence-electron chi connectivity index (χ2n) is 8.28. The Labute approximate surface area is 186 Å². The highest BCUT2D eigenvalue weighted by atomic mass is 16.7. The highest BCUT2D eigenvalue weighted by Crippen LogP contribution is 2.37. The molecule has 2 heterocycles. The fraction of sp³-hybridized carbons (Fsp3) is 0.269. The van der Waals surface area contributed by atoms with Crippen molar-refractivity contribution in [3.8, 4) is 22.8 Å². The van der Waals surface area contributed by atoms with E-state index in [1.54, 1.807) is 6.07 Å². The van der Waals surface area contributed by atoms with E-state index in [4.69, 9.17) is 9.72 Å². The Morgan fingerprint density at radius 3 is 2.69 bits per heavy atom. The van der Waals surface area contributed by atoms with Gasteiger partial charge in [0.2, 0.25) is 0 Å². The first-order valence-electron chi connectivity index (χ1n) is 10.9. The van der Waals surface area contributed by atoms with Crippen LogP contribution in [0.25, 0.3) is 11.3 Å². The highest BCUT2D eigenvalue weighted by molar-refractivity contribution is 6.02. The molecule has 6 nitrogen and oxygen atoms in total. The van der Waals surface area contributed by atoms with Gasteiger partial charge in [0.15, 0.2) is 0 Å². The average molecular weight is 428 g/mol. The zero-order chi connectivity index (χ0) is 22.1. The standard InChI is InChI=1S/C26H24N2O4/c1-16-12-24(31-15-19-14-25(30)32-28-19)21-9-5-8-20(21)22(16)13-18-10-11-23(29)26(27-18)17-6-3-2-4-7-17/h2-4,6-7,10-12,29H,5,8-9,13-15H2,1H3. The van der Waals surface area contributed by atoms with Crippen LogP contribution in [-0.2, 0) is 28.9 Å². The van der Waals surface area contributed by atoms with E-state index in [-0.39, 0.29) is 24.7 Å². The van der Waals surface area contributed by atoms with Gasteiger partial charge in [-0.1, -0.05) is 35.5 Å². The second-order valence-corrected chi connectivity index (χ2v) is 8.28. The van der Waals surface area contributed by atoms with Gasteiger partial charge in [-0.25, -0.2) is 9.78 Å². The van der Waals surface area contributed by atoms with Crippen LogP contribution in [0.2, 0.25) is 0 Å². The molecule has 1 aromatic heterocycles. The zero-order valence-electron chi connectivity index (χ0n) is 17.9. The predicted octanol–water partition coefficient (Wildman–Crippen LogP) is 4.52. The van der Waals surface area contributed by atoms with E-state index in [9.17, 15) is 9.90 Å². The largest absolute Gasteiger partial charge is 0.506 e. The Morgan fingerprint density at radius 1 is 1.09 bits per heavy atom. The topological polar surface area (TPSA) is 81.0 Å². The van der Waals surface area contributed by atoms with E-state index in [2.05, 4.69) is 23.0 Å². The lowest BCUT2D eigenvalue weighted by Gasteiger charge is -2.17. The minimum absolute atomic E-state index is 0.183. The van der Waals surface area contributed by atoms with Crippen molar-refractivity contribution < 1.29 is 19.5 Å². The predicted molar refractivity (Wildman–Crippen MR) is 121 cm³/mol. The Kier molecular flexibility index (Phi) is 5.35. The lowest BCUT2D eigenvalue weighted by atomic mass is 9.93. The molecular weight excluding hydrogens is 404 g/mol. The molecule has 1 aliphatic heterocycles. The van der Waals surface area contributed by atoms with Crippen LogP contribution in [0.4, 0.5) is 0 Å². The van der Waals surface area contributed by atoms with E-state index in [1.807, 2.05) is 36.4 Å². The molecule has 0 amide bonds. The van der Waals surface area contributed by atoms with Gasteiger partial charge in [0, 0.05) is 17.7 Å². The van der Waals surface area contributed by atoms with Gasteiger partial charge < -0.3 is 14.7 Å². The summed E-state index contributed by atoms with van der Waals surface area (Å²) in [4.78, 5) is 20.7. The van der Waals surface area contributed by atoms with Crippen LogP contribution in [0.3, 0.4) is 0 Å². The molecule has 0 fully saturated rings. The Bertz CT molecular complexity index is 1220. The molecule has 162 valence electrons. The first-order valence-corrected chi connectivity index (χ1v) is 10.9. The summed E-state index contributed by atoms with van der Waals surface area (Å²) in [6.45, 7) is 2.36. The molecule has 0 spiro atoms. The normalized spacial score (nSPS) is 14.8. The van der Waals surface area contributed by atoms with E-state index < -0.39 is 0 Å². The third-order valence-corrected chi connectivity index (χ3v) is 6.06. The molecule has 3 aromatic rings. The molecule has 0 radical (unpaired) electrons. The number of carbonyl (C=O) groups is 1. The first-order chi connectivity index (χ1) is 15.6. The molecule has 1 N–H and O–H groups in total. The maximum Gasteiger partial charge on any atom is 0.340 e. The Morgan fingerprint density at radius 2 is 1.91 bits per heavy atom. The molecule has 0 saturated heterocycles. The summed E-state index contributed by atoms with van der Waals surface area (Å²) in [5.74, 6) is 0.712. The summed E-state index contributed by atoms with van der Waals surface area (Å²) in [5.41, 5.74) is 8.03. The van der Waals surface area contributed by atoms with E-state index >= 15 is 0 Å². The van der Waals surface area contributed by atoms with Gasteiger partial charge in [-0.15, -0.1) is 0 Å². The number of hydrogen-bond donors (Lipinski definition) is 1.